The number of nitrogens with two attached hydrogens (primary N) is 1. The first-order valence-electron chi connectivity index (χ1n) is 48.7. The maximum absolute atomic E-state index is 15.9. The van der Waals surface area contributed by atoms with E-state index in [1.807, 2.05) is 106 Å². The smallest absolute Gasteiger partial charge is 0.466 e. The van der Waals surface area contributed by atoms with E-state index in [0.29, 0.717) is 72.9 Å². The second kappa shape index (κ2) is 49.5. The molecule has 31 heteroatoms. The van der Waals surface area contributed by atoms with Gasteiger partial charge in [0.1, 0.15) is 52.3 Å². The van der Waals surface area contributed by atoms with Gasteiger partial charge in [0, 0.05) is 126 Å². The Bertz CT molecular complexity index is 6650. The fourth-order valence-electron chi connectivity index (χ4n) is 19.8. The number of amides is 1. The molecule has 19 nitrogen and oxygen atoms in total. The van der Waals surface area contributed by atoms with Crippen LogP contribution in [0.15, 0.2) is 187 Å². The average Bonchev–Trinajstić information content (AvgIpc) is 0.749. The number of aliphatic imine (C=N–C) groups is 1. The number of hydrogen-bond acceptors (Lipinski definition) is 18. The van der Waals surface area contributed by atoms with Crippen LogP contribution in [0.5, 0.6) is 5.75 Å². The van der Waals surface area contributed by atoms with Crippen LogP contribution in [0.25, 0.3) is 24.3 Å². The highest BCUT2D eigenvalue weighted by Crippen LogP contribution is 2.50. The van der Waals surface area contributed by atoms with E-state index in [1.54, 1.807) is 6.07 Å². The van der Waals surface area contributed by atoms with Crippen LogP contribution in [-0.2, 0) is 78.7 Å². The summed E-state index contributed by atoms with van der Waals surface area (Å²) in [7, 11) is -1.00. The van der Waals surface area contributed by atoms with Crippen LogP contribution in [0, 0.1) is 97.9 Å². The first-order valence-corrected chi connectivity index (χ1v) is 50.1. The Morgan fingerprint density at radius 1 is 0.401 bits per heavy atom. The molecule has 8 unspecified atom stereocenters. The van der Waals surface area contributed by atoms with Crippen LogP contribution >= 0.6 is 0 Å². The van der Waals surface area contributed by atoms with Crippen molar-refractivity contribution in [2.45, 2.75) is 197 Å². The molecule has 0 bridgehead atoms. The van der Waals surface area contributed by atoms with E-state index < -0.39 is 116 Å². The molecule has 782 valence electrons. The van der Waals surface area contributed by atoms with E-state index in [4.69, 9.17) is 10.7 Å². The number of nitrogens with one attached hydrogen (secondary N) is 1. The molecule has 4 heterocycles. The van der Waals surface area contributed by atoms with Crippen LogP contribution in [0.1, 0.15) is 237 Å². The summed E-state index contributed by atoms with van der Waals surface area (Å²) in [4.78, 5) is 70.9. The second-order valence-electron chi connectivity index (χ2n) is 39.2. The quantitative estimate of drug-likeness (QED) is 0.00750. The van der Waals surface area contributed by atoms with Crippen LogP contribution in [0.2, 0.25) is 0 Å². The first kappa shape index (κ1) is 114. The van der Waals surface area contributed by atoms with Crippen molar-refractivity contribution in [3.05, 3.63) is 351 Å². The highest BCUT2D eigenvalue weighted by molar-refractivity contribution is 7.88. The van der Waals surface area contributed by atoms with Gasteiger partial charge in [0.25, 0.3) is 0 Å². The number of fused-ring (bicyclic) bond motifs is 4. The zero-order valence-electron chi connectivity index (χ0n) is 86.5. The molecular weight excluding hydrogens is 1920 g/mol. The lowest BCUT2D eigenvalue weighted by Gasteiger charge is -2.44. The molecule has 14 rings (SSSR count). The molecule has 0 radical (unpaired) electrons. The van der Waals surface area contributed by atoms with Gasteiger partial charge in [-0.05, 0) is 291 Å². The summed E-state index contributed by atoms with van der Waals surface area (Å²) >= 11 is 0. The third kappa shape index (κ3) is 27.2. The second-order valence-corrected chi connectivity index (χ2v) is 40.8. The van der Waals surface area contributed by atoms with Crippen LogP contribution < -0.4 is 15.2 Å². The Morgan fingerprint density at radius 2 is 0.673 bits per heavy atom. The van der Waals surface area contributed by atoms with Crippen LogP contribution in [0.3, 0.4) is 0 Å². The summed E-state index contributed by atoms with van der Waals surface area (Å²) in [6.45, 7) is 35.9. The van der Waals surface area contributed by atoms with Gasteiger partial charge in [0.05, 0.1) is 64.0 Å². The van der Waals surface area contributed by atoms with Crippen molar-refractivity contribution < 1.29 is 104 Å². The van der Waals surface area contributed by atoms with Gasteiger partial charge in [-0.2, -0.15) is 21.6 Å². The van der Waals surface area contributed by atoms with E-state index in [-0.39, 0.29) is 92.5 Å². The van der Waals surface area contributed by atoms with E-state index in [9.17, 15) is 45.6 Å². The molecular formula is C116H128F11N7O12S. The van der Waals surface area contributed by atoms with Crippen molar-refractivity contribution in [3.8, 4) is 5.75 Å². The third-order valence-corrected chi connectivity index (χ3v) is 27.6. The van der Waals surface area contributed by atoms with Crippen LogP contribution in [0.4, 0.5) is 65.4 Å². The molecule has 0 aliphatic carbocycles. The van der Waals surface area contributed by atoms with E-state index in [0.717, 1.165) is 128 Å². The Morgan fingerprint density at radius 3 is 0.959 bits per heavy atom. The van der Waals surface area contributed by atoms with Crippen molar-refractivity contribution in [1.29, 1.82) is 0 Å². The predicted molar refractivity (Wildman–Crippen MR) is 553 cm³/mol. The average molecular weight is 2050 g/mol. The van der Waals surface area contributed by atoms with Crippen molar-refractivity contribution in [3.63, 3.8) is 0 Å². The number of nitrogen functional groups attached to an aromatic ring is 1. The number of ether oxygens (including phenoxy) is 4. The molecule has 0 saturated carbocycles. The molecule has 147 heavy (non-hydrogen) atoms. The summed E-state index contributed by atoms with van der Waals surface area (Å²) in [6.07, 6.45) is 12.2. The maximum atomic E-state index is 15.9. The van der Waals surface area contributed by atoms with Gasteiger partial charge in [-0.1, -0.05) is 140 Å². The predicted octanol–water partition coefficient (Wildman–Crippen LogP) is 24.7. The SMILES string of the molecule is COC(=O)/C=C/c1cc(F)c(C2c3ccc(N)c(C)c3CC(C)N2CC(C)C)c(F)c1.COC(=O)/C=C/c1cc(F)c(C2c3ccc(N=C(c4ccccc4)c4ccccc4)c(C)c3CC(C)N2CC(C)C)c(F)c1.COC(=O)/C=C/c1cc(F)c(C2c3ccc(NC(C)=O)c(C)c3CC(C)N2CC(C)C)c(F)c1.COC(=O)/C=C/c1cc(F)c(C2c3ccc(OS(=O)(=O)C(F)(F)F)c(C)c3CC(C)N2CC(C)C)c(F)c1. The first-order chi connectivity index (χ1) is 69.4. The number of carbonyl (C=O) groups excluding carboxylic acids is 5. The van der Waals surface area contributed by atoms with Gasteiger partial charge in [-0.25, -0.2) is 59.3 Å². The molecule has 4 aliphatic rings. The molecule has 8 atom stereocenters. The maximum Gasteiger partial charge on any atom is 0.534 e. The highest BCUT2D eigenvalue weighted by atomic mass is 32.2. The molecule has 3 N–H and O–H groups in total. The summed E-state index contributed by atoms with van der Waals surface area (Å²) in [6, 6.07) is 40.7. The normalized spacial score (nSPS) is 18.0. The summed E-state index contributed by atoms with van der Waals surface area (Å²) in [5, 5.41) is 2.85. The number of benzene rings is 10. The topological polar surface area (TPSA) is 229 Å². The minimum absolute atomic E-state index is 0.0126. The Kier molecular flexibility index (Phi) is 38.5. The van der Waals surface area contributed by atoms with Crippen molar-refractivity contribution in [2.24, 2.45) is 28.7 Å². The van der Waals surface area contributed by atoms with E-state index in [1.165, 1.54) is 109 Å². The number of halogens is 11. The molecule has 0 saturated heterocycles. The Hall–Kier alpha value is -13.2. The minimum Gasteiger partial charge on any atom is -0.466 e. The van der Waals surface area contributed by atoms with Crippen molar-refractivity contribution >= 4 is 87.0 Å². The molecule has 4 aliphatic heterocycles. The summed E-state index contributed by atoms with van der Waals surface area (Å²) in [5.74, 6) is -7.84. The largest absolute Gasteiger partial charge is 0.534 e. The number of esters is 4. The molecule has 10 aromatic carbocycles. The summed E-state index contributed by atoms with van der Waals surface area (Å²) in [5.41, 5.74) is 15.8. The lowest BCUT2D eigenvalue weighted by atomic mass is 9.81. The van der Waals surface area contributed by atoms with Gasteiger partial charge >= 0.3 is 39.5 Å². The molecule has 0 fully saturated rings. The fourth-order valence-corrected chi connectivity index (χ4v) is 20.3. The van der Waals surface area contributed by atoms with Gasteiger partial charge in [0.2, 0.25) is 5.91 Å². The number of carbonyl (C=O) groups is 5. The zero-order chi connectivity index (χ0) is 108. The number of hydrogen-bond donors (Lipinski definition) is 2. The standard InChI is InChI=1S/C38H38F2N2O2.C27H32F2N2O3.C26H28F5NO5S.C25H30F2N2O2/c1-24(2)23-42-25(3)20-31-26(4)34(41-37(28-12-8-6-9-13-28)29-14-10-7-11-15-29)18-17-30(31)38(42)36-32(39)21-27(22-33(36)40)16-19-35(43)44-5;1-15(2)14-31-16(3)11-21-17(4)24(30-18(5)32)9-8-20(21)27(31)26-22(28)12-19(13-23(26)29)7-10-25(33)34-6;1-14(2)13-32-15(3)10-19-16(4)22(37-38(34,35)26(29,30)31)8-7-18(19)25(32)24-20(27)11-17(12-21(24)28)6-9-23(33)36-5;1-14(2)13-29-15(3)10-19-16(4)22(28)8-7-18(19)25(29)24-20(26)11-17(12-21(24)27)6-9-23(30)31-5/h6-19,21-22,24-25,38H,20,23H2,1-5H3;7-10,12-13,15-16,27H,11,14H2,1-6H3,(H,30,32);6-9,11-12,14-15,25H,10,13H2,1-5H3;6-9,11-12,14-15,25H,10,13,28H2,1-5H3/b19-16+;10-7+;2*9-6+. The molecule has 10 aromatic rings. The van der Waals surface area contributed by atoms with Gasteiger partial charge < -0.3 is 34.2 Å². The minimum atomic E-state index is -5.91. The van der Waals surface area contributed by atoms with Crippen molar-refractivity contribution in [1.82, 2.24) is 19.6 Å². The van der Waals surface area contributed by atoms with Gasteiger partial charge in [-0.15, -0.1) is 0 Å². The van der Waals surface area contributed by atoms with Crippen LogP contribution in [-0.4, -0.2) is 148 Å². The van der Waals surface area contributed by atoms with Crippen molar-refractivity contribution in [2.75, 3.05) is 65.7 Å². The highest BCUT2D eigenvalue weighted by Gasteiger charge is 2.50. The number of alkyl halides is 3. The number of methoxy groups -OCH3 is 4. The Balaban J connectivity index is 0.000000188. The monoisotopic (exact) mass is 2050 g/mol. The fraction of sp³-hybridized carbons (Fsp3) is 0.362. The number of nitrogens with zero attached hydrogens (tertiary/aromatic N) is 5. The summed E-state index contributed by atoms with van der Waals surface area (Å²) < 4.78 is 209. The molecule has 1 amide bonds. The zero-order valence-corrected chi connectivity index (χ0v) is 87.3. The number of rotatable bonds is 26. The Labute approximate surface area is 853 Å². The molecule has 0 aromatic heterocycles. The molecule has 0 spiro atoms. The van der Waals surface area contributed by atoms with Gasteiger partial charge in [0.15, 0.2) is 0 Å². The van der Waals surface area contributed by atoms with E-state index in [2.05, 4.69) is 137 Å². The van der Waals surface area contributed by atoms with Gasteiger partial charge in [-0.3, -0.25) is 24.4 Å². The van der Waals surface area contributed by atoms with E-state index >= 15 is 35.1 Å². The lowest BCUT2D eigenvalue weighted by molar-refractivity contribution is -0.135. The lowest BCUT2D eigenvalue weighted by Crippen LogP contribution is -2.45. The third-order valence-electron chi connectivity index (χ3n) is 26.6. The number of anilines is 2.